The zero-order valence-electron chi connectivity index (χ0n) is 10.8. The Morgan fingerprint density at radius 3 is 2.84 bits per heavy atom. The Balaban J connectivity index is 1.96. The van der Waals surface area contributed by atoms with E-state index in [1.165, 1.54) is 0 Å². The number of halogens is 1. The van der Waals surface area contributed by atoms with Gasteiger partial charge in [-0.1, -0.05) is 41.0 Å². The van der Waals surface area contributed by atoms with Crippen molar-refractivity contribution in [1.29, 1.82) is 0 Å². The molecule has 0 unspecified atom stereocenters. The molecule has 1 aromatic heterocycles. The van der Waals surface area contributed by atoms with Gasteiger partial charge in [0.2, 0.25) is 0 Å². The van der Waals surface area contributed by atoms with Crippen LogP contribution in [0, 0.1) is 0 Å². The maximum Gasteiger partial charge on any atom is 0.251 e. The largest absolute Gasteiger partial charge is 0.359 e. The van der Waals surface area contributed by atoms with E-state index in [1.807, 2.05) is 32.0 Å². The second-order valence-corrected chi connectivity index (χ2v) is 5.48. The number of nitrogens with zero attached hydrogens (tertiary/aromatic N) is 1. The number of rotatable bonds is 4. The van der Waals surface area contributed by atoms with Crippen LogP contribution in [0.3, 0.4) is 0 Å². The van der Waals surface area contributed by atoms with Gasteiger partial charge in [0.15, 0.2) is 5.76 Å². The van der Waals surface area contributed by atoms with Gasteiger partial charge in [-0.2, -0.15) is 0 Å². The lowest BCUT2D eigenvalue weighted by atomic mass is 10.1. The van der Waals surface area contributed by atoms with E-state index in [-0.39, 0.29) is 5.91 Å². The zero-order chi connectivity index (χ0) is 13.8. The third-order valence-electron chi connectivity index (χ3n) is 2.68. The molecule has 0 saturated heterocycles. The van der Waals surface area contributed by atoms with Gasteiger partial charge in [0.05, 0.1) is 12.2 Å². The molecule has 4 nitrogen and oxygen atoms in total. The third-order valence-corrected chi connectivity index (χ3v) is 3.17. The number of carbonyl (C=O) groups excluding carboxylic acids is 1. The van der Waals surface area contributed by atoms with E-state index in [2.05, 4.69) is 26.4 Å². The lowest BCUT2D eigenvalue weighted by Gasteiger charge is -2.03. The molecule has 0 radical (unpaired) electrons. The SMILES string of the molecule is CC(C)c1cc(CNC(=O)c2cccc(Br)c2)on1. The first-order chi connectivity index (χ1) is 9.06. The molecule has 0 spiro atoms. The minimum absolute atomic E-state index is 0.135. The molecule has 100 valence electrons. The van der Waals surface area contributed by atoms with Gasteiger partial charge >= 0.3 is 0 Å². The maximum atomic E-state index is 11.9. The minimum atomic E-state index is -0.135. The number of nitrogens with one attached hydrogen (secondary N) is 1. The standard InChI is InChI=1S/C14H15BrN2O2/c1-9(2)13-7-12(19-17-13)8-16-14(18)10-4-3-5-11(15)6-10/h3-7,9H,8H2,1-2H3,(H,16,18). The summed E-state index contributed by atoms with van der Waals surface area (Å²) < 4.78 is 6.04. The van der Waals surface area contributed by atoms with Gasteiger partial charge in [-0.15, -0.1) is 0 Å². The summed E-state index contributed by atoms with van der Waals surface area (Å²) in [6.07, 6.45) is 0. The maximum absolute atomic E-state index is 11.9. The average molecular weight is 323 g/mol. The highest BCUT2D eigenvalue weighted by Crippen LogP contribution is 2.14. The Morgan fingerprint density at radius 2 is 2.21 bits per heavy atom. The summed E-state index contributed by atoms with van der Waals surface area (Å²) in [7, 11) is 0. The second kappa shape index (κ2) is 6.02. The van der Waals surface area contributed by atoms with Crippen molar-refractivity contribution in [1.82, 2.24) is 10.5 Å². The molecule has 2 aromatic rings. The van der Waals surface area contributed by atoms with E-state index < -0.39 is 0 Å². The predicted molar refractivity (Wildman–Crippen MR) is 75.9 cm³/mol. The molecular weight excluding hydrogens is 308 g/mol. The number of aromatic nitrogens is 1. The highest BCUT2D eigenvalue weighted by Gasteiger charge is 2.10. The molecule has 1 N–H and O–H groups in total. The van der Waals surface area contributed by atoms with Crippen molar-refractivity contribution in [3.8, 4) is 0 Å². The fraction of sp³-hybridized carbons (Fsp3) is 0.286. The summed E-state index contributed by atoms with van der Waals surface area (Å²) in [6.45, 7) is 4.43. The number of amides is 1. The van der Waals surface area contributed by atoms with Crippen molar-refractivity contribution >= 4 is 21.8 Å². The molecule has 0 fully saturated rings. The third kappa shape index (κ3) is 3.67. The van der Waals surface area contributed by atoms with Crippen LogP contribution in [0.1, 0.15) is 41.6 Å². The van der Waals surface area contributed by atoms with E-state index in [9.17, 15) is 4.79 Å². The molecular formula is C14H15BrN2O2. The van der Waals surface area contributed by atoms with Crippen LogP contribution >= 0.6 is 15.9 Å². The lowest BCUT2D eigenvalue weighted by molar-refractivity contribution is 0.0947. The summed E-state index contributed by atoms with van der Waals surface area (Å²) >= 11 is 3.34. The van der Waals surface area contributed by atoms with Crippen LogP contribution in [0.25, 0.3) is 0 Å². The fourth-order valence-corrected chi connectivity index (χ4v) is 1.98. The van der Waals surface area contributed by atoms with E-state index in [4.69, 9.17) is 4.52 Å². The number of carbonyl (C=O) groups is 1. The summed E-state index contributed by atoms with van der Waals surface area (Å²) in [4.78, 5) is 11.9. The van der Waals surface area contributed by atoms with Crippen LogP contribution in [0.15, 0.2) is 39.3 Å². The van der Waals surface area contributed by atoms with Crippen molar-refractivity contribution in [3.63, 3.8) is 0 Å². The van der Waals surface area contributed by atoms with Gasteiger partial charge in [0.1, 0.15) is 0 Å². The highest BCUT2D eigenvalue weighted by atomic mass is 79.9. The lowest BCUT2D eigenvalue weighted by Crippen LogP contribution is -2.22. The van der Waals surface area contributed by atoms with Crippen LogP contribution in [0.5, 0.6) is 0 Å². The molecule has 1 amide bonds. The van der Waals surface area contributed by atoms with Gasteiger partial charge in [-0.3, -0.25) is 4.79 Å². The Labute approximate surface area is 120 Å². The van der Waals surface area contributed by atoms with E-state index in [0.717, 1.165) is 10.2 Å². The smallest absolute Gasteiger partial charge is 0.251 e. The first-order valence-corrected chi connectivity index (χ1v) is 6.85. The zero-order valence-corrected chi connectivity index (χ0v) is 12.4. The molecule has 0 aliphatic heterocycles. The Kier molecular flexibility index (Phi) is 4.37. The van der Waals surface area contributed by atoms with Crippen molar-refractivity contribution in [2.24, 2.45) is 0 Å². The van der Waals surface area contributed by atoms with Gasteiger partial charge in [-0.25, -0.2) is 0 Å². The van der Waals surface area contributed by atoms with Crippen LogP contribution in [-0.2, 0) is 6.54 Å². The number of benzene rings is 1. The molecule has 0 aliphatic carbocycles. The molecule has 5 heteroatoms. The van der Waals surface area contributed by atoms with E-state index >= 15 is 0 Å². The highest BCUT2D eigenvalue weighted by molar-refractivity contribution is 9.10. The number of hydrogen-bond acceptors (Lipinski definition) is 3. The predicted octanol–water partition coefficient (Wildman–Crippen LogP) is 3.49. The van der Waals surface area contributed by atoms with Crippen molar-refractivity contribution in [3.05, 3.63) is 51.8 Å². The Bertz CT molecular complexity index is 578. The number of hydrogen-bond donors (Lipinski definition) is 1. The van der Waals surface area contributed by atoms with Gasteiger partial charge in [0.25, 0.3) is 5.91 Å². The molecule has 0 saturated carbocycles. The first-order valence-electron chi connectivity index (χ1n) is 6.05. The molecule has 0 bridgehead atoms. The Morgan fingerprint density at radius 1 is 1.42 bits per heavy atom. The summed E-state index contributed by atoms with van der Waals surface area (Å²) in [5.41, 5.74) is 1.50. The second-order valence-electron chi connectivity index (χ2n) is 4.57. The van der Waals surface area contributed by atoms with Gasteiger partial charge in [-0.05, 0) is 24.1 Å². The summed E-state index contributed by atoms with van der Waals surface area (Å²) in [5, 5.41) is 6.75. The Hall–Kier alpha value is -1.62. The fourth-order valence-electron chi connectivity index (χ4n) is 1.58. The van der Waals surface area contributed by atoms with Crippen molar-refractivity contribution in [2.75, 3.05) is 0 Å². The quantitative estimate of drug-likeness (QED) is 0.937. The monoisotopic (exact) mass is 322 g/mol. The van der Waals surface area contributed by atoms with Crippen molar-refractivity contribution in [2.45, 2.75) is 26.3 Å². The first kappa shape index (κ1) is 13.8. The molecule has 19 heavy (non-hydrogen) atoms. The van der Waals surface area contributed by atoms with E-state index in [0.29, 0.717) is 23.8 Å². The van der Waals surface area contributed by atoms with Crippen molar-refractivity contribution < 1.29 is 9.32 Å². The van der Waals surface area contributed by atoms with Crippen LogP contribution < -0.4 is 5.32 Å². The average Bonchev–Trinajstić information content (AvgIpc) is 2.85. The molecule has 0 atom stereocenters. The molecule has 1 heterocycles. The van der Waals surface area contributed by atoms with Crippen LogP contribution in [0.4, 0.5) is 0 Å². The van der Waals surface area contributed by atoms with Gasteiger partial charge in [0, 0.05) is 16.1 Å². The van der Waals surface area contributed by atoms with E-state index in [1.54, 1.807) is 12.1 Å². The molecule has 2 rings (SSSR count). The van der Waals surface area contributed by atoms with Crippen LogP contribution in [-0.4, -0.2) is 11.1 Å². The summed E-state index contributed by atoms with van der Waals surface area (Å²) in [5.74, 6) is 0.842. The summed E-state index contributed by atoms with van der Waals surface area (Å²) in [6, 6.07) is 9.10. The topological polar surface area (TPSA) is 55.1 Å². The molecule has 1 aromatic carbocycles. The normalized spacial score (nSPS) is 10.7. The van der Waals surface area contributed by atoms with Crippen LogP contribution in [0.2, 0.25) is 0 Å². The molecule has 0 aliphatic rings. The minimum Gasteiger partial charge on any atom is -0.359 e. The van der Waals surface area contributed by atoms with Gasteiger partial charge < -0.3 is 9.84 Å².